The van der Waals surface area contributed by atoms with Crippen molar-refractivity contribution in [2.75, 3.05) is 6.54 Å². The second-order valence-corrected chi connectivity index (χ2v) is 14.1. The Labute approximate surface area is 304 Å². The minimum Gasteiger partial charge on any atom is -0.861 e. The first-order valence-corrected chi connectivity index (χ1v) is 16.5. The molecule has 0 spiro atoms. The van der Waals surface area contributed by atoms with Crippen LogP contribution in [0.3, 0.4) is 0 Å². The fraction of sp³-hybridized carbons (Fsp3) is 0.410. The van der Waals surface area contributed by atoms with Crippen LogP contribution in [0.5, 0.6) is 0 Å². The molecule has 1 aliphatic rings. The van der Waals surface area contributed by atoms with Gasteiger partial charge in [0.05, 0.1) is 23.4 Å². The third kappa shape index (κ3) is 11.6. The molecule has 4 rings (SSSR count). The van der Waals surface area contributed by atoms with Crippen LogP contribution in [0.25, 0.3) is 0 Å². The molecular formula is C39H45N3NiO7. The van der Waals surface area contributed by atoms with Gasteiger partial charge < -0.3 is 24.5 Å². The minimum absolute atomic E-state index is 0. The van der Waals surface area contributed by atoms with E-state index in [1.807, 2.05) is 30.3 Å². The molecule has 2 atom stereocenters. The number of aliphatic carboxylic acids is 1. The molecule has 1 saturated heterocycles. The second kappa shape index (κ2) is 17.5. The molecule has 1 aliphatic heterocycles. The van der Waals surface area contributed by atoms with Gasteiger partial charge in [-0.05, 0) is 84.9 Å². The van der Waals surface area contributed by atoms with Gasteiger partial charge in [0.15, 0.2) is 5.92 Å². The number of nitrogens with zero attached hydrogens (tertiary/aromatic N) is 3. The van der Waals surface area contributed by atoms with Crippen LogP contribution in [-0.4, -0.2) is 64.2 Å². The molecule has 1 fully saturated rings. The third-order valence-electron chi connectivity index (χ3n) is 7.71. The van der Waals surface area contributed by atoms with Crippen LogP contribution in [0.15, 0.2) is 94.9 Å². The Morgan fingerprint density at radius 2 is 1.36 bits per heavy atom. The van der Waals surface area contributed by atoms with Crippen LogP contribution in [0.4, 0.5) is 5.69 Å². The van der Waals surface area contributed by atoms with E-state index in [9.17, 15) is 24.6 Å². The van der Waals surface area contributed by atoms with Gasteiger partial charge in [0.25, 0.3) is 0 Å². The van der Waals surface area contributed by atoms with Crippen LogP contribution in [-0.2, 0) is 46.9 Å². The fourth-order valence-electron chi connectivity index (χ4n) is 5.59. The van der Waals surface area contributed by atoms with Gasteiger partial charge in [0.1, 0.15) is 11.2 Å². The van der Waals surface area contributed by atoms with E-state index in [2.05, 4.69) is 14.9 Å². The van der Waals surface area contributed by atoms with Gasteiger partial charge in [-0.1, -0.05) is 78.9 Å². The molecule has 0 unspecified atom stereocenters. The van der Waals surface area contributed by atoms with Gasteiger partial charge in [-0.3, -0.25) is 24.5 Å². The molecule has 0 bridgehead atoms. The largest absolute Gasteiger partial charge is 2.00 e. The van der Waals surface area contributed by atoms with Gasteiger partial charge in [-0.25, -0.2) is 0 Å². The number of benzene rings is 3. The van der Waals surface area contributed by atoms with E-state index >= 15 is 0 Å². The molecule has 1 heterocycles. The summed E-state index contributed by atoms with van der Waals surface area (Å²) in [5, 5.41) is 26.4. The summed E-state index contributed by atoms with van der Waals surface area (Å²) in [4.78, 5) is 50.5. The molecule has 0 radical (unpaired) electrons. The number of hydrogen-bond acceptors (Lipinski definition) is 10. The summed E-state index contributed by atoms with van der Waals surface area (Å²) in [6.07, 6.45) is 0.957. The summed E-state index contributed by atoms with van der Waals surface area (Å²) in [5.41, 5.74) is 0.682. The van der Waals surface area contributed by atoms with Crippen molar-refractivity contribution in [2.45, 2.75) is 90.6 Å². The van der Waals surface area contributed by atoms with E-state index in [1.165, 1.54) is 0 Å². The molecule has 3 aromatic rings. The third-order valence-corrected chi connectivity index (χ3v) is 7.71. The molecule has 0 aromatic heterocycles. The van der Waals surface area contributed by atoms with Crippen LogP contribution >= 0.6 is 0 Å². The van der Waals surface area contributed by atoms with Crippen molar-refractivity contribution in [1.82, 2.24) is 4.90 Å². The van der Waals surface area contributed by atoms with Crippen LogP contribution in [0, 0.1) is 5.92 Å². The number of para-hydroxylation sites is 1. The van der Waals surface area contributed by atoms with Crippen LogP contribution in [0.1, 0.15) is 77.5 Å². The number of ether oxygens (including phenoxy) is 2. The zero-order valence-electron chi connectivity index (χ0n) is 29.4. The van der Waals surface area contributed by atoms with Crippen molar-refractivity contribution in [1.29, 1.82) is 0 Å². The van der Waals surface area contributed by atoms with Crippen molar-refractivity contribution in [2.24, 2.45) is 15.9 Å². The molecule has 0 saturated carbocycles. The van der Waals surface area contributed by atoms with E-state index in [1.54, 1.807) is 96.1 Å². The number of carbonyl (C=O) groups excluding carboxylic acids is 3. The van der Waals surface area contributed by atoms with E-state index in [-0.39, 0.29) is 28.1 Å². The number of likely N-dealkylation sites (tertiary alicyclic amines) is 1. The Bertz CT molecular complexity index is 1640. The average molecular weight is 726 g/mol. The predicted molar refractivity (Wildman–Crippen MR) is 184 cm³/mol. The monoisotopic (exact) mass is 725 g/mol. The Kier molecular flexibility index (Phi) is 14.1. The number of rotatable bonds is 12. The van der Waals surface area contributed by atoms with Crippen LogP contribution < -0.4 is 10.2 Å². The maximum Gasteiger partial charge on any atom is 2.00 e. The minimum atomic E-state index is -1.67. The van der Waals surface area contributed by atoms with Gasteiger partial charge in [-0.15, -0.1) is 0 Å². The number of hydrogen-bond donors (Lipinski definition) is 0. The van der Waals surface area contributed by atoms with E-state index in [0.717, 1.165) is 18.5 Å². The Balaban J connectivity index is 0.00000676. The summed E-state index contributed by atoms with van der Waals surface area (Å²) < 4.78 is 11.0. The van der Waals surface area contributed by atoms with E-state index in [4.69, 9.17) is 9.47 Å². The van der Waals surface area contributed by atoms with Gasteiger partial charge in [0.2, 0.25) is 0 Å². The first-order valence-electron chi connectivity index (χ1n) is 16.5. The SMILES string of the molecule is CC(C)(C)OC(=O)C(C[C@H](N=C(c1ccccc1)c1ccccc1N=C([O-])[C@@H]1CCCN1Cc1ccccc1)C(=O)[O-])C(=O)OC(C)(C)C.[Ni+2]. The van der Waals surface area contributed by atoms with Crippen molar-refractivity contribution >= 4 is 35.2 Å². The maximum absolute atomic E-state index is 13.7. The topological polar surface area (TPSA) is 144 Å². The van der Waals surface area contributed by atoms with Crippen molar-refractivity contribution < 1.29 is 50.6 Å². The molecule has 50 heavy (non-hydrogen) atoms. The first kappa shape index (κ1) is 40.1. The summed E-state index contributed by atoms with van der Waals surface area (Å²) in [5.74, 6) is -5.36. The van der Waals surface area contributed by atoms with Gasteiger partial charge in [0, 0.05) is 23.7 Å². The summed E-state index contributed by atoms with van der Waals surface area (Å²) in [6, 6.07) is 23.6. The quantitative estimate of drug-likeness (QED) is 0.0880. The average Bonchev–Trinajstić information content (AvgIpc) is 3.49. The van der Waals surface area contributed by atoms with Crippen LogP contribution in [0.2, 0.25) is 0 Å². The summed E-state index contributed by atoms with van der Waals surface area (Å²) >= 11 is 0. The molecule has 0 aliphatic carbocycles. The van der Waals surface area contributed by atoms with Gasteiger partial charge >= 0.3 is 28.4 Å². The van der Waals surface area contributed by atoms with E-state index in [0.29, 0.717) is 29.8 Å². The molecule has 10 nitrogen and oxygen atoms in total. The zero-order valence-corrected chi connectivity index (χ0v) is 30.4. The predicted octanol–water partition coefficient (Wildman–Crippen LogP) is 4.38. The maximum atomic E-state index is 13.7. The number of carbonyl (C=O) groups is 3. The van der Waals surface area contributed by atoms with Crippen molar-refractivity contribution in [3.8, 4) is 0 Å². The Hall–Kier alpha value is -4.34. The number of carboxylic acids is 1. The molecule has 268 valence electrons. The second-order valence-electron chi connectivity index (χ2n) is 14.1. The van der Waals surface area contributed by atoms with E-state index < -0.39 is 53.5 Å². The Morgan fingerprint density at radius 1 is 0.820 bits per heavy atom. The molecular weight excluding hydrogens is 681 g/mol. The fourth-order valence-corrected chi connectivity index (χ4v) is 5.59. The van der Waals surface area contributed by atoms with Gasteiger partial charge in [-0.2, -0.15) is 0 Å². The molecule has 0 amide bonds. The normalized spacial score (nSPS) is 16.4. The molecule has 11 heteroatoms. The number of carboxylic acid groups (broad SMARTS) is 1. The number of aliphatic imine (C=N–C) groups is 2. The van der Waals surface area contributed by atoms with Crippen molar-refractivity contribution in [3.05, 3.63) is 102 Å². The molecule has 0 N–H and O–H groups in total. The molecule has 3 aromatic carbocycles. The zero-order chi connectivity index (χ0) is 35.8. The first-order chi connectivity index (χ1) is 23.1. The standard InChI is InChI=1S/C39H47N3O7.Ni/c1-38(2,3)48-36(46)29(37(47)49-39(4,5)6)24-31(35(44)45)40-33(27-18-11-8-12-19-27)28-20-13-14-21-30(28)41-34(43)32-22-15-23-42(32)25-26-16-9-7-10-17-26;/h7-14,16-21,29,31-32H,15,22-25H2,1-6H3,(H,41,43)(H,44,45);/q;+2/p-2/t31-,32-;/m0./s1. The summed E-state index contributed by atoms with van der Waals surface area (Å²) in [7, 11) is 0. The number of esters is 2. The Morgan fingerprint density at radius 3 is 1.92 bits per heavy atom. The van der Waals surface area contributed by atoms with Crippen molar-refractivity contribution in [3.63, 3.8) is 0 Å². The summed E-state index contributed by atoms with van der Waals surface area (Å²) in [6.45, 7) is 11.3. The smallest absolute Gasteiger partial charge is 0.861 e.